The summed E-state index contributed by atoms with van der Waals surface area (Å²) in [4.78, 5) is 51.3. The quantitative estimate of drug-likeness (QED) is 0.514. The summed E-state index contributed by atoms with van der Waals surface area (Å²) in [5.74, 6) is -0.661. The molecular weight excluding hydrogens is 344 g/mol. The number of benzene rings is 1. The second-order valence-corrected chi connectivity index (χ2v) is 5.62. The van der Waals surface area contributed by atoms with Crippen molar-refractivity contribution in [3.8, 4) is 0 Å². The summed E-state index contributed by atoms with van der Waals surface area (Å²) < 4.78 is 3.43. The third-order valence-corrected chi connectivity index (χ3v) is 3.84. The number of carbonyl (C=O) groups excluding carboxylic acids is 1. The molecule has 0 aliphatic heterocycles. The lowest BCUT2D eigenvalue weighted by Gasteiger charge is -2.09. The summed E-state index contributed by atoms with van der Waals surface area (Å²) in [6.45, 7) is -0.532. The van der Waals surface area contributed by atoms with E-state index in [1.807, 2.05) is 0 Å². The van der Waals surface area contributed by atoms with Gasteiger partial charge in [-0.1, -0.05) is 6.07 Å². The van der Waals surface area contributed by atoms with Gasteiger partial charge in [-0.2, -0.15) is 0 Å². The van der Waals surface area contributed by atoms with Crippen molar-refractivity contribution in [2.45, 2.75) is 6.54 Å². The van der Waals surface area contributed by atoms with Crippen LogP contribution in [0.2, 0.25) is 0 Å². The van der Waals surface area contributed by atoms with Crippen LogP contribution >= 0.6 is 0 Å². The number of anilines is 1. The van der Waals surface area contributed by atoms with E-state index < -0.39 is 28.6 Å². The van der Waals surface area contributed by atoms with Gasteiger partial charge in [-0.25, -0.2) is 14.3 Å². The van der Waals surface area contributed by atoms with Crippen LogP contribution < -0.4 is 16.6 Å². The highest BCUT2D eigenvalue weighted by molar-refractivity contribution is 5.91. The average molecular weight is 358 g/mol. The molecular formula is C15H14N6O5. The first kappa shape index (κ1) is 17.1. The smallest absolute Gasteiger partial charge is 0.328 e. The molecule has 0 radical (unpaired) electrons. The van der Waals surface area contributed by atoms with Gasteiger partial charge in [-0.3, -0.25) is 24.3 Å². The first-order chi connectivity index (χ1) is 12.3. The number of amides is 1. The van der Waals surface area contributed by atoms with Crippen molar-refractivity contribution in [2.24, 2.45) is 14.1 Å². The molecule has 0 spiro atoms. The first-order valence-corrected chi connectivity index (χ1v) is 7.44. The molecule has 11 heteroatoms. The monoisotopic (exact) mass is 358 g/mol. The Hall–Kier alpha value is -3.76. The molecule has 0 saturated heterocycles. The van der Waals surface area contributed by atoms with Crippen molar-refractivity contribution < 1.29 is 9.72 Å². The minimum Gasteiger partial charge on any atom is -0.328 e. The molecule has 0 atom stereocenters. The maximum Gasteiger partial charge on any atom is 0.332 e. The van der Waals surface area contributed by atoms with Gasteiger partial charge in [0.15, 0.2) is 11.2 Å². The van der Waals surface area contributed by atoms with Crippen LogP contribution in [-0.4, -0.2) is 29.5 Å². The molecule has 0 fully saturated rings. The summed E-state index contributed by atoms with van der Waals surface area (Å²) in [5.41, 5.74) is -0.913. The van der Waals surface area contributed by atoms with Gasteiger partial charge < -0.3 is 9.88 Å². The van der Waals surface area contributed by atoms with Gasteiger partial charge in [-0.05, 0) is 6.07 Å². The fourth-order valence-electron chi connectivity index (χ4n) is 2.58. The van der Waals surface area contributed by atoms with Crippen molar-refractivity contribution in [1.29, 1.82) is 0 Å². The highest BCUT2D eigenvalue weighted by Crippen LogP contribution is 2.16. The van der Waals surface area contributed by atoms with Crippen LogP contribution in [0.5, 0.6) is 0 Å². The van der Waals surface area contributed by atoms with E-state index in [4.69, 9.17) is 0 Å². The number of carbonyl (C=O) groups is 1. The van der Waals surface area contributed by atoms with E-state index in [2.05, 4.69) is 10.3 Å². The van der Waals surface area contributed by atoms with Gasteiger partial charge in [0.25, 0.3) is 11.2 Å². The Labute approximate surface area is 145 Å². The Kier molecular flexibility index (Phi) is 4.12. The Morgan fingerprint density at radius 3 is 2.73 bits per heavy atom. The number of aromatic nitrogens is 4. The number of hydrogen-bond donors (Lipinski definition) is 1. The molecule has 26 heavy (non-hydrogen) atoms. The summed E-state index contributed by atoms with van der Waals surface area (Å²) in [5, 5.41) is 13.2. The van der Waals surface area contributed by atoms with E-state index in [1.54, 1.807) is 7.05 Å². The summed E-state index contributed by atoms with van der Waals surface area (Å²) in [6.07, 6.45) is 1.40. The summed E-state index contributed by atoms with van der Waals surface area (Å²) in [6, 6.07) is 5.35. The predicted octanol–water partition coefficient (Wildman–Crippen LogP) is -0.0194. The number of rotatable bonds is 4. The van der Waals surface area contributed by atoms with Gasteiger partial charge in [0.05, 0.1) is 11.3 Å². The van der Waals surface area contributed by atoms with Gasteiger partial charge in [-0.15, -0.1) is 0 Å². The van der Waals surface area contributed by atoms with Gasteiger partial charge in [0.1, 0.15) is 6.54 Å². The van der Waals surface area contributed by atoms with E-state index in [-0.39, 0.29) is 22.5 Å². The van der Waals surface area contributed by atoms with Crippen LogP contribution in [0, 0.1) is 10.1 Å². The maximum absolute atomic E-state index is 12.5. The van der Waals surface area contributed by atoms with Crippen molar-refractivity contribution in [3.63, 3.8) is 0 Å². The zero-order chi connectivity index (χ0) is 19.0. The largest absolute Gasteiger partial charge is 0.332 e. The number of hydrogen-bond acceptors (Lipinski definition) is 6. The van der Waals surface area contributed by atoms with Crippen LogP contribution in [0.25, 0.3) is 11.2 Å². The molecule has 1 amide bonds. The number of nitro groups is 1. The second kappa shape index (κ2) is 6.27. The topological polar surface area (TPSA) is 134 Å². The predicted molar refractivity (Wildman–Crippen MR) is 91.9 cm³/mol. The fraction of sp³-hybridized carbons (Fsp3) is 0.200. The zero-order valence-corrected chi connectivity index (χ0v) is 13.9. The van der Waals surface area contributed by atoms with E-state index in [0.29, 0.717) is 0 Å². The van der Waals surface area contributed by atoms with Crippen LogP contribution in [0.15, 0.2) is 40.2 Å². The highest BCUT2D eigenvalue weighted by atomic mass is 16.6. The first-order valence-electron chi connectivity index (χ1n) is 7.44. The number of nitrogens with zero attached hydrogens (tertiary/aromatic N) is 5. The van der Waals surface area contributed by atoms with Crippen LogP contribution in [0.4, 0.5) is 11.4 Å². The van der Waals surface area contributed by atoms with Crippen molar-refractivity contribution >= 4 is 28.4 Å². The molecule has 0 saturated carbocycles. The standard InChI is InChI=1S/C15H14N6O5/c1-18-8-16-13-12(18)14(23)20(15(24)19(13)2)7-11(22)17-9-4-3-5-10(6-9)21(25)26/h3-6,8H,7H2,1-2H3,(H,17,22). The normalized spacial score (nSPS) is 10.8. The Morgan fingerprint density at radius 2 is 2.04 bits per heavy atom. The molecule has 2 heterocycles. The number of fused-ring (bicyclic) bond motifs is 1. The summed E-state index contributed by atoms with van der Waals surface area (Å²) >= 11 is 0. The molecule has 2 aromatic heterocycles. The minimum absolute atomic E-state index is 0.188. The highest BCUT2D eigenvalue weighted by Gasteiger charge is 2.17. The van der Waals surface area contributed by atoms with Crippen molar-refractivity contribution in [1.82, 2.24) is 18.7 Å². The Balaban J connectivity index is 1.94. The van der Waals surface area contributed by atoms with Gasteiger partial charge in [0.2, 0.25) is 5.91 Å². The lowest BCUT2D eigenvalue weighted by Crippen LogP contribution is -2.42. The van der Waals surface area contributed by atoms with Crippen LogP contribution in [0.3, 0.4) is 0 Å². The molecule has 0 bridgehead atoms. The van der Waals surface area contributed by atoms with Crippen molar-refractivity contribution in [3.05, 3.63) is 61.5 Å². The molecule has 0 aliphatic rings. The number of nitro benzene ring substituents is 1. The Morgan fingerprint density at radius 1 is 1.31 bits per heavy atom. The molecule has 11 nitrogen and oxygen atoms in total. The van der Waals surface area contributed by atoms with E-state index in [1.165, 1.54) is 46.8 Å². The van der Waals surface area contributed by atoms with E-state index in [0.717, 1.165) is 4.57 Å². The van der Waals surface area contributed by atoms with E-state index in [9.17, 15) is 24.5 Å². The average Bonchev–Trinajstić information content (AvgIpc) is 2.99. The molecule has 1 N–H and O–H groups in total. The third kappa shape index (κ3) is 2.85. The molecule has 3 aromatic rings. The fourth-order valence-corrected chi connectivity index (χ4v) is 2.58. The summed E-state index contributed by atoms with van der Waals surface area (Å²) in [7, 11) is 3.06. The van der Waals surface area contributed by atoms with Crippen LogP contribution in [-0.2, 0) is 25.4 Å². The second-order valence-electron chi connectivity index (χ2n) is 5.62. The number of non-ortho nitro benzene ring substituents is 1. The minimum atomic E-state index is -0.685. The van der Waals surface area contributed by atoms with Gasteiger partial charge >= 0.3 is 5.69 Å². The lowest BCUT2D eigenvalue weighted by atomic mass is 10.3. The maximum atomic E-state index is 12.5. The molecule has 3 rings (SSSR count). The Bertz CT molecular complexity index is 1160. The molecule has 0 aliphatic carbocycles. The molecule has 0 unspecified atom stereocenters. The number of imidazole rings is 1. The molecule has 1 aromatic carbocycles. The van der Waals surface area contributed by atoms with E-state index >= 15 is 0 Å². The number of nitrogens with one attached hydrogen (secondary N) is 1. The van der Waals surface area contributed by atoms with Crippen molar-refractivity contribution in [2.75, 3.05) is 5.32 Å². The zero-order valence-electron chi connectivity index (χ0n) is 13.9. The van der Waals surface area contributed by atoms with Crippen LogP contribution in [0.1, 0.15) is 0 Å². The SMILES string of the molecule is Cn1cnc2c1c(=O)n(CC(=O)Nc1cccc([N+](=O)[O-])c1)c(=O)n2C. The number of aryl methyl sites for hydroxylation is 2. The van der Waals surface area contributed by atoms with Gasteiger partial charge in [0, 0.05) is 31.9 Å². The lowest BCUT2D eigenvalue weighted by molar-refractivity contribution is -0.384. The molecule has 134 valence electrons. The third-order valence-electron chi connectivity index (χ3n) is 3.84.